The molecule has 5 nitrogen and oxygen atoms in total. The number of morpholine rings is 1. The molecular weight excluding hydrogens is 330 g/mol. The fourth-order valence-electron chi connectivity index (χ4n) is 3.44. The smallest absolute Gasteiger partial charge is 0.411 e. The van der Waals surface area contributed by atoms with Crippen molar-refractivity contribution in [2.75, 3.05) is 19.8 Å². The molecule has 1 amide bonds. The van der Waals surface area contributed by atoms with E-state index in [1.54, 1.807) is 0 Å². The van der Waals surface area contributed by atoms with Crippen molar-refractivity contribution < 1.29 is 19.0 Å². The molecule has 0 aromatic heterocycles. The van der Waals surface area contributed by atoms with Gasteiger partial charge in [-0.3, -0.25) is 4.90 Å². The van der Waals surface area contributed by atoms with Crippen molar-refractivity contribution in [2.45, 2.75) is 57.9 Å². The number of fused-ring (bicyclic) bond motifs is 2. The summed E-state index contributed by atoms with van der Waals surface area (Å²) in [6, 6.07) is 10.2. The van der Waals surface area contributed by atoms with E-state index in [1.807, 2.05) is 43.9 Å². The molecule has 2 heterocycles. The zero-order valence-electron chi connectivity index (χ0n) is 15.9. The van der Waals surface area contributed by atoms with E-state index in [4.69, 9.17) is 14.2 Å². The fourth-order valence-corrected chi connectivity index (χ4v) is 3.44. The Morgan fingerprint density at radius 1 is 1.23 bits per heavy atom. The normalized spacial score (nSPS) is 22.7. The number of ether oxygens (including phenoxy) is 3. The molecule has 2 unspecified atom stereocenters. The van der Waals surface area contributed by atoms with Crippen molar-refractivity contribution in [2.24, 2.45) is 0 Å². The summed E-state index contributed by atoms with van der Waals surface area (Å²) in [5.74, 6) is 0. The summed E-state index contributed by atoms with van der Waals surface area (Å²) >= 11 is 0. The predicted molar refractivity (Wildman–Crippen MR) is 99.9 cm³/mol. The van der Waals surface area contributed by atoms with Gasteiger partial charge in [0.2, 0.25) is 0 Å². The number of rotatable bonds is 5. The third kappa shape index (κ3) is 5.08. The first-order valence-corrected chi connectivity index (χ1v) is 9.33. The largest absolute Gasteiger partial charge is 0.444 e. The van der Waals surface area contributed by atoms with Crippen molar-refractivity contribution in [1.82, 2.24) is 4.90 Å². The molecule has 1 fully saturated rings. The van der Waals surface area contributed by atoms with Crippen molar-refractivity contribution in [3.8, 4) is 0 Å². The van der Waals surface area contributed by atoms with Crippen LogP contribution >= 0.6 is 0 Å². The Morgan fingerprint density at radius 2 is 2.00 bits per heavy atom. The van der Waals surface area contributed by atoms with E-state index in [1.165, 1.54) is 11.1 Å². The van der Waals surface area contributed by atoms with Crippen LogP contribution in [0.2, 0.25) is 0 Å². The Kier molecular flexibility index (Phi) is 5.99. The second-order valence-electron chi connectivity index (χ2n) is 7.96. The molecule has 0 saturated carbocycles. The first-order chi connectivity index (χ1) is 12.4. The molecule has 1 saturated heterocycles. The van der Waals surface area contributed by atoms with Crippen molar-refractivity contribution >= 4 is 6.09 Å². The summed E-state index contributed by atoms with van der Waals surface area (Å²) in [7, 11) is 0. The van der Waals surface area contributed by atoms with Gasteiger partial charge in [0, 0.05) is 0 Å². The lowest BCUT2D eigenvalue weighted by Gasteiger charge is -2.44. The van der Waals surface area contributed by atoms with E-state index >= 15 is 0 Å². The minimum absolute atomic E-state index is 0.0403. The molecule has 2 atom stereocenters. The van der Waals surface area contributed by atoms with Crippen LogP contribution in [0.3, 0.4) is 0 Å². The second-order valence-corrected chi connectivity index (χ2v) is 7.96. The number of hydrogen-bond donors (Lipinski definition) is 0. The molecule has 2 bridgehead atoms. The predicted octanol–water partition coefficient (Wildman–Crippen LogP) is 3.93. The SMILES string of the molecule is CC(C)(C)OC(=O)N1C2C=C(CCOCc3ccccc3)CC1COC2. The lowest BCUT2D eigenvalue weighted by Crippen LogP contribution is -2.57. The molecule has 2 aliphatic rings. The van der Waals surface area contributed by atoms with Crippen LogP contribution in [0.4, 0.5) is 4.79 Å². The van der Waals surface area contributed by atoms with Gasteiger partial charge in [0.1, 0.15) is 5.60 Å². The lowest BCUT2D eigenvalue weighted by molar-refractivity contribution is -0.0540. The van der Waals surface area contributed by atoms with Gasteiger partial charge in [-0.25, -0.2) is 4.79 Å². The van der Waals surface area contributed by atoms with Crippen LogP contribution in [0.25, 0.3) is 0 Å². The minimum Gasteiger partial charge on any atom is -0.444 e. The first kappa shape index (κ1) is 18.9. The van der Waals surface area contributed by atoms with Gasteiger partial charge < -0.3 is 14.2 Å². The fraction of sp³-hybridized carbons (Fsp3) is 0.571. The maximum absolute atomic E-state index is 12.5. The number of nitrogens with zero attached hydrogens (tertiary/aromatic N) is 1. The van der Waals surface area contributed by atoms with Gasteiger partial charge in [0.25, 0.3) is 0 Å². The zero-order chi connectivity index (χ0) is 18.6. The van der Waals surface area contributed by atoms with E-state index in [2.05, 4.69) is 18.2 Å². The number of hydrogen-bond acceptors (Lipinski definition) is 4. The Labute approximate surface area is 155 Å². The van der Waals surface area contributed by atoms with Crippen LogP contribution in [0.1, 0.15) is 39.2 Å². The maximum Gasteiger partial charge on any atom is 0.411 e. The number of benzene rings is 1. The van der Waals surface area contributed by atoms with Crippen molar-refractivity contribution in [3.05, 3.63) is 47.5 Å². The summed E-state index contributed by atoms with van der Waals surface area (Å²) in [6.45, 7) is 8.11. The van der Waals surface area contributed by atoms with Crippen LogP contribution in [0.5, 0.6) is 0 Å². The molecule has 26 heavy (non-hydrogen) atoms. The van der Waals surface area contributed by atoms with Gasteiger partial charge in [-0.15, -0.1) is 0 Å². The van der Waals surface area contributed by atoms with E-state index < -0.39 is 5.60 Å². The number of carbonyl (C=O) groups excluding carboxylic acids is 1. The van der Waals surface area contributed by atoms with Gasteiger partial charge in [-0.1, -0.05) is 42.0 Å². The Hall–Kier alpha value is -1.85. The molecule has 2 aliphatic heterocycles. The van der Waals surface area contributed by atoms with Crippen molar-refractivity contribution in [1.29, 1.82) is 0 Å². The Bertz CT molecular complexity index is 635. The molecular formula is C21H29NO4. The highest BCUT2D eigenvalue weighted by Crippen LogP contribution is 2.30. The Balaban J connectivity index is 1.53. The molecule has 0 aliphatic carbocycles. The Morgan fingerprint density at radius 3 is 2.69 bits per heavy atom. The van der Waals surface area contributed by atoms with Crippen LogP contribution in [-0.2, 0) is 20.8 Å². The number of amides is 1. The highest BCUT2D eigenvalue weighted by atomic mass is 16.6. The monoisotopic (exact) mass is 359 g/mol. The van der Waals surface area contributed by atoms with Gasteiger partial charge in [-0.2, -0.15) is 0 Å². The van der Waals surface area contributed by atoms with E-state index in [9.17, 15) is 4.79 Å². The van der Waals surface area contributed by atoms with Crippen LogP contribution in [-0.4, -0.2) is 48.5 Å². The van der Waals surface area contributed by atoms with E-state index in [0.29, 0.717) is 26.4 Å². The summed E-state index contributed by atoms with van der Waals surface area (Å²) < 4.78 is 17.0. The lowest BCUT2D eigenvalue weighted by atomic mass is 9.93. The molecule has 1 aromatic carbocycles. The highest BCUT2D eigenvalue weighted by Gasteiger charge is 2.39. The van der Waals surface area contributed by atoms with Crippen LogP contribution in [0.15, 0.2) is 42.0 Å². The summed E-state index contributed by atoms with van der Waals surface area (Å²) in [4.78, 5) is 14.4. The average Bonchev–Trinajstić information content (AvgIpc) is 2.57. The molecule has 5 heteroatoms. The van der Waals surface area contributed by atoms with Crippen LogP contribution in [0, 0.1) is 0 Å². The van der Waals surface area contributed by atoms with Crippen molar-refractivity contribution in [3.63, 3.8) is 0 Å². The van der Waals surface area contributed by atoms with Gasteiger partial charge in [0.15, 0.2) is 0 Å². The third-order valence-corrected chi connectivity index (χ3v) is 4.56. The van der Waals surface area contributed by atoms with E-state index in [0.717, 1.165) is 12.8 Å². The average molecular weight is 359 g/mol. The molecule has 0 spiro atoms. The topological polar surface area (TPSA) is 48.0 Å². The first-order valence-electron chi connectivity index (χ1n) is 9.33. The van der Waals surface area contributed by atoms with Gasteiger partial charge in [-0.05, 0) is 39.2 Å². The zero-order valence-corrected chi connectivity index (χ0v) is 15.9. The third-order valence-electron chi connectivity index (χ3n) is 4.56. The molecule has 3 rings (SSSR count). The summed E-state index contributed by atoms with van der Waals surface area (Å²) in [5, 5.41) is 0. The number of carbonyl (C=O) groups is 1. The van der Waals surface area contributed by atoms with Gasteiger partial charge in [0.05, 0.1) is 38.5 Å². The van der Waals surface area contributed by atoms with Crippen LogP contribution < -0.4 is 0 Å². The molecule has 142 valence electrons. The second kappa shape index (κ2) is 8.23. The minimum atomic E-state index is -0.485. The molecule has 0 N–H and O–H groups in total. The molecule has 1 aromatic rings. The maximum atomic E-state index is 12.5. The quantitative estimate of drug-likeness (QED) is 0.590. The van der Waals surface area contributed by atoms with E-state index in [-0.39, 0.29) is 18.2 Å². The summed E-state index contributed by atoms with van der Waals surface area (Å²) in [6.07, 6.45) is 3.63. The summed E-state index contributed by atoms with van der Waals surface area (Å²) in [5.41, 5.74) is 2.05. The standard InChI is InChI=1S/C21H29NO4/c1-21(2,3)26-20(23)22-18-11-17(12-19(22)15-25-14-18)9-10-24-13-16-7-5-4-6-8-16/h4-8,11,18-19H,9-10,12-15H2,1-3H3. The highest BCUT2D eigenvalue weighted by molar-refractivity contribution is 5.70. The van der Waals surface area contributed by atoms with Gasteiger partial charge >= 0.3 is 6.09 Å². The molecule has 0 radical (unpaired) electrons.